The van der Waals surface area contributed by atoms with Crippen LogP contribution in [0.2, 0.25) is 0 Å². The van der Waals surface area contributed by atoms with E-state index in [1.807, 2.05) is 0 Å². The first-order chi connectivity index (χ1) is 8.33. The summed E-state index contributed by atoms with van der Waals surface area (Å²) >= 11 is 0. The van der Waals surface area contributed by atoms with Gasteiger partial charge in [0.05, 0.1) is 6.61 Å². The maximum absolute atomic E-state index is 11.5. The SMILES string of the molecule is [CH2]CCCCCCC(=O)OCC1CCCCC1. The maximum atomic E-state index is 11.5. The average Bonchev–Trinajstić information content (AvgIpc) is 2.37. The van der Waals surface area contributed by atoms with Gasteiger partial charge in [-0.1, -0.05) is 51.9 Å². The molecule has 0 saturated heterocycles. The second-order valence-corrected chi connectivity index (χ2v) is 5.20. The highest BCUT2D eigenvalue weighted by atomic mass is 16.5. The molecule has 0 aliphatic heterocycles. The third kappa shape index (κ3) is 7.40. The molecule has 0 heterocycles. The predicted molar refractivity (Wildman–Crippen MR) is 70.6 cm³/mol. The molecule has 1 fully saturated rings. The summed E-state index contributed by atoms with van der Waals surface area (Å²) in [6.07, 6.45) is 12.6. The zero-order valence-corrected chi connectivity index (χ0v) is 11.1. The first kappa shape index (κ1) is 14.5. The third-order valence-electron chi connectivity index (χ3n) is 3.59. The molecule has 0 aromatic heterocycles. The van der Waals surface area contributed by atoms with E-state index < -0.39 is 0 Å². The van der Waals surface area contributed by atoms with E-state index in [1.54, 1.807) is 0 Å². The normalized spacial score (nSPS) is 17.0. The Morgan fingerprint density at radius 1 is 1.06 bits per heavy atom. The number of esters is 1. The summed E-state index contributed by atoms with van der Waals surface area (Å²) in [5, 5.41) is 0. The first-order valence-corrected chi connectivity index (χ1v) is 7.28. The van der Waals surface area contributed by atoms with Crippen LogP contribution < -0.4 is 0 Å². The summed E-state index contributed by atoms with van der Waals surface area (Å²) in [4.78, 5) is 11.5. The fraction of sp³-hybridized carbons (Fsp3) is 0.867. The number of rotatable bonds is 8. The van der Waals surface area contributed by atoms with E-state index >= 15 is 0 Å². The Kier molecular flexibility index (Phi) is 8.12. The Labute approximate surface area is 106 Å². The molecule has 2 nitrogen and oxygen atoms in total. The van der Waals surface area contributed by atoms with Gasteiger partial charge < -0.3 is 4.74 Å². The van der Waals surface area contributed by atoms with Gasteiger partial charge in [-0.2, -0.15) is 0 Å². The zero-order valence-electron chi connectivity index (χ0n) is 11.1. The van der Waals surface area contributed by atoms with E-state index in [2.05, 4.69) is 6.92 Å². The van der Waals surface area contributed by atoms with Gasteiger partial charge in [0.2, 0.25) is 0 Å². The minimum Gasteiger partial charge on any atom is -0.465 e. The van der Waals surface area contributed by atoms with Crippen LogP contribution in [0.5, 0.6) is 0 Å². The van der Waals surface area contributed by atoms with Crippen LogP contribution in [0.3, 0.4) is 0 Å². The van der Waals surface area contributed by atoms with Crippen LogP contribution in [0.4, 0.5) is 0 Å². The Hall–Kier alpha value is -0.530. The molecule has 0 amide bonds. The van der Waals surface area contributed by atoms with E-state index in [0.29, 0.717) is 18.9 Å². The van der Waals surface area contributed by atoms with Gasteiger partial charge in [0.1, 0.15) is 0 Å². The number of unbranched alkanes of at least 4 members (excludes halogenated alkanes) is 4. The van der Waals surface area contributed by atoms with E-state index in [9.17, 15) is 4.79 Å². The van der Waals surface area contributed by atoms with Gasteiger partial charge in [-0.3, -0.25) is 4.79 Å². The third-order valence-corrected chi connectivity index (χ3v) is 3.59. The molecule has 1 aliphatic carbocycles. The van der Waals surface area contributed by atoms with Gasteiger partial charge in [0, 0.05) is 6.42 Å². The van der Waals surface area contributed by atoms with E-state index in [-0.39, 0.29) is 5.97 Å². The number of hydrogen-bond donors (Lipinski definition) is 0. The van der Waals surface area contributed by atoms with Crippen molar-refractivity contribution in [2.24, 2.45) is 5.92 Å². The van der Waals surface area contributed by atoms with Crippen LogP contribution in [0, 0.1) is 12.8 Å². The molecule has 1 saturated carbocycles. The standard InChI is InChI=1S/C15H27O2/c1-2-3-4-5-9-12-15(16)17-13-14-10-7-6-8-11-14/h14H,1-13H2. The topological polar surface area (TPSA) is 26.3 Å². The Morgan fingerprint density at radius 3 is 2.47 bits per heavy atom. The molecule has 0 unspecified atom stereocenters. The summed E-state index contributed by atoms with van der Waals surface area (Å²) < 4.78 is 5.34. The highest BCUT2D eigenvalue weighted by Crippen LogP contribution is 2.23. The molecule has 1 aliphatic rings. The Balaban J connectivity index is 1.93. The molecular formula is C15H27O2. The van der Waals surface area contributed by atoms with Crippen LogP contribution >= 0.6 is 0 Å². The lowest BCUT2D eigenvalue weighted by molar-refractivity contribution is -0.145. The predicted octanol–water partition coefficient (Wildman–Crippen LogP) is 4.28. The summed E-state index contributed by atoms with van der Waals surface area (Å²) in [5.74, 6) is 0.643. The molecule has 1 rings (SSSR count). The van der Waals surface area contributed by atoms with E-state index in [4.69, 9.17) is 4.74 Å². The minimum atomic E-state index is 0.00481. The van der Waals surface area contributed by atoms with Crippen molar-refractivity contribution in [1.29, 1.82) is 0 Å². The molecule has 0 aromatic rings. The van der Waals surface area contributed by atoms with Crippen molar-refractivity contribution in [2.75, 3.05) is 6.61 Å². The lowest BCUT2D eigenvalue weighted by atomic mass is 9.90. The van der Waals surface area contributed by atoms with Crippen molar-refractivity contribution >= 4 is 5.97 Å². The van der Waals surface area contributed by atoms with Gasteiger partial charge in [-0.05, 0) is 25.2 Å². The van der Waals surface area contributed by atoms with E-state index in [1.165, 1.54) is 44.9 Å². The minimum absolute atomic E-state index is 0.00481. The van der Waals surface area contributed by atoms with Crippen molar-refractivity contribution in [3.05, 3.63) is 6.92 Å². The molecule has 99 valence electrons. The molecule has 17 heavy (non-hydrogen) atoms. The van der Waals surface area contributed by atoms with Gasteiger partial charge in [0.25, 0.3) is 0 Å². The molecule has 0 aromatic carbocycles. The maximum Gasteiger partial charge on any atom is 0.305 e. The second kappa shape index (κ2) is 9.49. The smallest absolute Gasteiger partial charge is 0.305 e. The molecule has 0 spiro atoms. The van der Waals surface area contributed by atoms with Crippen LogP contribution in [-0.4, -0.2) is 12.6 Å². The largest absolute Gasteiger partial charge is 0.465 e. The Morgan fingerprint density at radius 2 is 1.76 bits per heavy atom. The fourth-order valence-corrected chi connectivity index (χ4v) is 2.44. The number of carbonyl (C=O) groups is 1. The van der Waals surface area contributed by atoms with E-state index in [0.717, 1.165) is 19.3 Å². The van der Waals surface area contributed by atoms with Crippen molar-refractivity contribution in [1.82, 2.24) is 0 Å². The van der Waals surface area contributed by atoms with Gasteiger partial charge >= 0.3 is 5.97 Å². The summed E-state index contributed by atoms with van der Waals surface area (Å²) in [7, 11) is 0. The van der Waals surface area contributed by atoms with Crippen LogP contribution in [0.1, 0.15) is 70.6 Å². The van der Waals surface area contributed by atoms with Crippen LogP contribution in [0.15, 0.2) is 0 Å². The summed E-state index contributed by atoms with van der Waals surface area (Å²) in [6.45, 7) is 4.47. The summed E-state index contributed by atoms with van der Waals surface area (Å²) in [6, 6.07) is 0. The van der Waals surface area contributed by atoms with Crippen molar-refractivity contribution < 1.29 is 9.53 Å². The number of ether oxygens (including phenoxy) is 1. The molecule has 1 radical (unpaired) electrons. The zero-order chi connectivity index (χ0) is 12.3. The highest BCUT2D eigenvalue weighted by Gasteiger charge is 2.15. The number of hydrogen-bond acceptors (Lipinski definition) is 2. The van der Waals surface area contributed by atoms with Crippen LogP contribution in [0.25, 0.3) is 0 Å². The lowest BCUT2D eigenvalue weighted by Gasteiger charge is -2.20. The Bertz CT molecular complexity index is 195. The molecule has 2 heteroatoms. The average molecular weight is 239 g/mol. The fourth-order valence-electron chi connectivity index (χ4n) is 2.44. The quantitative estimate of drug-likeness (QED) is 0.466. The monoisotopic (exact) mass is 239 g/mol. The second-order valence-electron chi connectivity index (χ2n) is 5.20. The van der Waals surface area contributed by atoms with Crippen molar-refractivity contribution in [3.63, 3.8) is 0 Å². The molecular weight excluding hydrogens is 212 g/mol. The van der Waals surface area contributed by atoms with Gasteiger partial charge in [-0.15, -0.1) is 0 Å². The highest BCUT2D eigenvalue weighted by molar-refractivity contribution is 5.69. The van der Waals surface area contributed by atoms with Crippen molar-refractivity contribution in [3.8, 4) is 0 Å². The first-order valence-electron chi connectivity index (χ1n) is 7.28. The van der Waals surface area contributed by atoms with Gasteiger partial charge in [0.15, 0.2) is 0 Å². The lowest BCUT2D eigenvalue weighted by Crippen LogP contribution is -2.16. The van der Waals surface area contributed by atoms with Crippen LogP contribution in [-0.2, 0) is 9.53 Å². The summed E-state index contributed by atoms with van der Waals surface area (Å²) in [5.41, 5.74) is 0. The van der Waals surface area contributed by atoms with Gasteiger partial charge in [-0.25, -0.2) is 0 Å². The molecule has 0 bridgehead atoms. The molecule has 0 atom stereocenters. The number of carbonyl (C=O) groups excluding carboxylic acids is 1. The van der Waals surface area contributed by atoms with Crippen molar-refractivity contribution in [2.45, 2.75) is 70.6 Å². The molecule has 0 N–H and O–H groups in total.